The van der Waals surface area contributed by atoms with E-state index in [1.807, 2.05) is 36.4 Å². The minimum absolute atomic E-state index is 0.0515. The molecule has 0 radical (unpaired) electrons. The van der Waals surface area contributed by atoms with Crippen molar-refractivity contribution in [1.29, 1.82) is 0 Å². The van der Waals surface area contributed by atoms with Gasteiger partial charge in [-0.05, 0) is 41.7 Å². The van der Waals surface area contributed by atoms with Crippen LogP contribution in [0.2, 0.25) is 0 Å². The summed E-state index contributed by atoms with van der Waals surface area (Å²) in [6.07, 6.45) is 3.74. The lowest BCUT2D eigenvalue weighted by atomic mass is 9.76. The maximum atomic E-state index is 12.5. The highest BCUT2D eigenvalue weighted by Crippen LogP contribution is 2.31. The summed E-state index contributed by atoms with van der Waals surface area (Å²) in [5.74, 6) is 0.468. The SMILES string of the molecule is CC1CCCC(N)(C(=O)Nc2ccc3ccccc3c2)C1. The van der Waals surface area contributed by atoms with E-state index < -0.39 is 5.54 Å². The van der Waals surface area contributed by atoms with Gasteiger partial charge in [-0.1, -0.05) is 50.1 Å². The molecule has 1 saturated carbocycles. The third-order valence-corrected chi connectivity index (χ3v) is 4.49. The lowest BCUT2D eigenvalue weighted by molar-refractivity contribution is -0.122. The predicted octanol–water partition coefficient (Wildman–Crippen LogP) is 3.69. The maximum absolute atomic E-state index is 12.5. The minimum atomic E-state index is -0.719. The lowest BCUT2D eigenvalue weighted by Gasteiger charge is -2.35. The van der Waals surface area contributed by atoms with Crippen LogP contribution in [-0.2, 0) is 4.79 Å². The molecule has 3 heteroatoms. The van der Waals surface area contributed by atoms with Gasteiger partial charge < -0.3 is 11.1 Å². The summed E-state index contributed by atoms with van der Waals surface area (Å²) in [5.41, 5.74) is 6.44. The number of carbonyl (C=O) groups excluding carboxylic acids is 1. The molecule has 0 saturated heterocycles. The van der Waals surface area contributed by atoms with Crippen molar-refractivity contribution in [3.05, 3.63) is 42.5 Å². The molecule has 1 fully saturated rings. The first-order valence-electron chi connectivity index (χ1n) is 7.66. The van der Waals surface area contributed by atoms with Crippen LogP contribution >= 0.6 is 0 Å². The van der Waals surface area contributed by atoms with Crippen molar-refractivity contribution >= 4 is 22.4 Å². The van der Waals surface area contributed by atoms with Crippen molar-refractivity contribution in [3.8, 4) is 0 Å². The first kappa shape index (κ1) is 14.1. The summed E-state index contributed by atoms with van der Waals surface area (Å²) in [4.78, 5) is 12.5. The molecular weight excluding hydrogens is 260 g/mol. The van der Waals surface area contributed by atoms with Gasteiger partial charge in [0.15, 0.2) is 0 Å². The number of nitrogens with one attached hydrogen (secondary N) is 1. The Balaban J connectivity index is 1.79. The molecule has 1 aliphatic carbocycles. The Morgan fingerprint density at radius 3 is 2.76 bits per heavy atom. The summed E-state index contributed by atoms with van der Waals surface area (Å²) < 4.78 is 0. The van der Waals surface area contributed by atoms with Gasteiger partial charge in [-0.15, -0.1) is 0 Å². The van der Waals surface area contributed by atoms with E-state index in [1.54, 1.807) is 0 Å². The molecule has 0 spiro atoms. The maximum Gasteiger partial charge on any atom is 0.244 e. The Labute approximate surface area is 125 Å². The highest BCUT2D eigenvalue weighted by Gasteiger charge is 2.37. The van der Waals surface area contributed by atoms with Gasteiger partial charge >= 0.3 is 0 Å². The fourth-order valence-electron chi connectivity index (χ4n) is 3.32. The van der Waals surface area contributed by atoms with Gasteiger partial charge in [0.2, 0.25) is 5.91 Å². The Hall–Kier alpha value is -1.87. The number of rotatable bonds is 2. The number of carbonyl (C=O) groups is 1. The summed E-state index contributed by atoms with van der Waals surface area (Å²) >= 11 is 0. The number of hydrogen-bond donors (Lipinski definition) is 2. The quantitative estimate of drug-likeness (QED) is 0.882. The van der Waals surface area contributed by atoms with Crippen LogP contribution < -0.4 is 11.1 Å². The monoisotopic (exact) mass is 282 g/mol. The van der Waals surface area contributed by atoms with Crippen LogP contribution in [0.15, 0.2) is 42.5 Å². The molecule has 3 rings (SSSR count). The van der Waals surface area contributed by atoms with E-state index >= 15 is 0 Å². The third-order valence-electron chi connectivity index (χ3n) is 4.49. The van der Waals surface area contributed by atoms with E-state index in [-0.39, 0.29) is 5.91 Å². The zero-order valence-corrected chi connectivity index (χ0v) is 12.4. The van der Waals surface area contributed by atoms with Gasteiger partial charge in [-0.3, -0.25) is 4.79 Å². The molecule has 3 N–H and O–H groups in total. The first-order chi connectivity index (χ1) is 10.1. The normalized spacial score (nSPS) is 25.7. The molecule has 2 unspecified atom stereocenters. The summed E-state index contributed by atoms with van der Waals surface area (Å²) in [5, 5.41) is 5.30. The van der Waals surface area contributed by atoms with Gasteiger partial charge in [0.25, 0.3) is 0 Å². The molecule has 2 atom stereocenters. The lowest BCUT2D eigenvalue weighted by Crippen LogP contribution is -2.53. The second-order valence-corrected chi connectivity index (χ2v) is 6.37. The van der Waals surface area contributed by atoms with Crippen LogP contribution in [0.1, 0.15) is 32.6 Å². The second kappa shape index (κ2) is 5.49. The highest BCUT2D eigenvalue weighted by molar-refractivity contribution is 5.99. The minimum Gasteiger partial charge on any atom is -0.324 e. The Kier molecular flexibility index (Phi) is 3.68. The number of hydrogen-bond acceptors (Lipinski definition) is 2. The average Bonchev–Trinajstić information content (AvgIpc) is 2.47. The Morgan fingerprint density at radius 2 is 2.00 bits per heavy atom. The Bertz CT molecular complexity index is 667. The smallest absolute Gasteiger partial charge is 0.244 e. The zero-order valence-electron chi connectivity index (χ0n) is 12.4. The molecule has 0 heterocycles. The molecule has 110 valence electrons. The van der Waals surface area contributed by atoms with Crippen molar-refractivity contribution in [2.75, 3.05) is 5.32 Å². The van der Waals surface area contributed by atoms with E-state index in [0.29, 0.717) is 5.92 Å². The molecule has 0 aromatic heterocycles. The molecule has 3 nitrogen and oxygen atoms in total. The predicted molar refractivity (Wildman–Crippen MR) is 87.1 cm³/mol. The van der Waals surface area contributed by atoms with Crippen molar-refractivity contribution in [2.45, 2.75) is 38.1 Å². The van der Waals surface area contributed by atoms with Crippen molar-refractivity contribution in [2.24, 2.45) is 11.7 Å². The molecule has 21 heavy (non-hydrogen) atoms. The third kappa shape index (κ3) is 2.93. The molecule has 0 aliphatic heterocycles. The first-order valence-corrected chi connectivity index (χ1v) is 7.66. The largest absolute Gasteiger partial charge is 0.324 e. The fraction of sp³-hybridized carbons (Fsp3) is 0.389. The average molecular weight is 282 g/mol. The van der Waals surface area contributed by atoms with Crippen molar-refractivity contribution in [1.82, 2.24) is 0 Å². The van der Waals surface area contributed by atoms with Gasteiger partial charge in [-0.25, -0.2) is 0 Å². The van der Waals surface area contributed by atoms with Crippen molar-refractivity contribution < 1.29 is 4.79 Å². The van der Waals surface area contributed by atoms with Gasteiger partial charge in [0.1, 0.15) is 0 Å². The van der Waals surface area contributed by atoms with Crippen molar-refractivity contribution in [3.63, 3.8) is 0 Å². The molecule has 2 aromatic rings. The topological polar surface area (TPSA) is 55.1 Å². The molecule has 2 aromatic carbocycles. The number of benzene rings is 2. The van der Waals surface area contributed by atoms with Crippen LogP contribution in [-0.4, -0.2) is 11.4 Å². The number of amides is 1. The van der Waals surface area contributed by atoms with Crippen LogP contribution in [0.4, 0.5) is 5.69 Å². The number of fused-ring (bicyclic) bond motifs is 1. The Morgan fingerprint density at radius 1 is 1.24 bits per heavy atom. The molecule has 1 amide bonds. The number of nitrogens with two attached hydrogens (primary N) is 1. The van der Waals surface area contributed by atoms with Crippen LogP contribution in [0.5, 0.6) is 0 Å². The fourth-order valence-corrected chi connectivity index (χ4v) is 3.32. The van der Waals surface area contributed by atoms with Gasteiger partial charge in [0, 0.05) is 5.69 Å². The van der Waals surface area contributed by atoms with Crippen LogP contribution in [0, 0.1) is 5.92 Å². The van der Waals surface area contributed by atoms with Crippen LogP contribution in [0.3, 0.4) is 0 Å². The zero-order chi connectivity index (χ0) is 14.9. The van der Waals surface area contributed by atoms with E-state index in [2.05, 4.69) is 18.3 Å². The summed E-state index contributed by atoms with van der Waals surface area (Å²) in [6.45, 7) is 2.17. The van der Waals surface area contributed by atoms with Crippen LogP contribution in [0.25, 0.3) is 10.8 Å². The standard InChI is InChI=1S/C18H22N2O/c1-13-5-4-10-18(19,12-13)17(21)20-16-9-8-14-6-2-3-7-15(14)11-16/h2-3,6-9,11,13H,4-5,10,12,19H2,1H3,(H,20,21). The van der Waals surface area contributed by atoms with E-state index in [0.717, 1.165) is 30.3 Å². The summed E-state index contributed by atoms with van der Waals surface area (Å²) in [6, 6.07) is 14.1. The molecular formula is C18H22N2O. The van der Waals surface area contributed by atoms with Gasteiger partial charge in [-0.2, -0.15) is 0 Å². The molecule has 1 aliphatic rings. The highest BCUT2D eigenvalue weighted by atomic mass is 16.2. The van der Waals surface area contributed by atoms with E-state index in [4.69, 9.17) is 5.73 Å². The molecule has 0 bridgehead atoms. The van der Waals surface area contributed by atoms with E-state index in [9.17, 15) is 4.79 Å². The summed E-state index contributed by atoms with van der Waals surface area (Å²) in [7, 11) is 0. The second-order valence-electron chi connectivity index (χ2n) is 6.37. The van der Waals surface area contributed by atoms with Gasteiger partial charge in [0.05, 0.1) is 5.54 Å². The number of anilines is 1. The van der Waals surface area contributed by atoms with E-state index in [1.165, 1.54) is 11.8 Å².